The standard InChI is InChI=1S/C10H11F5N2O2S/c11-8-2-1-7(3-6(8)4-16)20(18,19)17-5-10(14,15)9(12)13/h1-3,9,17H,4-5,16H2. The summed E-state index contributed by atoms with van der Waals surface area (Å²) >= 11 is 0. The number of sulfonamides is 1. The second-order valence-corrected chi connectivity index (χ2v) is 5.61. The lowest BCUT2D eigenvalue weighted by Crippen LogP contribution is -2.41. The molecule has 20 heavy (non-hydrogen) atoms. The summed E-state index contributed by atoms with van der Waals surface area (Å²) in [5.74, 6) is -5.26. The maximum Gasteiger partial charge on any atom is 0.320 e. The van der Waals surface area contributed by atoms with Crippen molar-refractivity contribution in [1.82, 2.24) is 4.72 Å². The van der Waals surface area contributed by atoms with Gasteiger partial charge in [-0.15, -0.1) is 0 Å². The molecular formula is C10H11F5N2O2S. The van der Waals surface area contributed by atoms with Crippen LogP contribution in [0.2, 0.25) is 0 Å². The molecule has 0 saturated carbocycles. The van der Waals surface area contributed by atoms with E-state index in [9.17, 15) is 30.4 Å². The van der Waals surface area contributed by atoms with Gasteiger partial charge in [0.1, 0.15) is 5.82 Å². The quantitative estimate of drug-likeness (QED) is 0.780. The van der Waals surface area contributed by atoms with Crippen molar-refractivity contribution in [1.29, 1.82) is 0 Å². The van der Waals surface area contributed by atoms with Crippen LogP contribution in [0, 0.1) is 5.82 Å². The first-order chi connectivity index (χ1) is 9.10. The highest BCUT2D eigenvalue weighted by molar-refractivity contribution is 7.89. The number of hydrogen-bond donors (Lipinski definition) is 2. The van der Waals surface area contributed by atoms with E-state index in [-0.39, 0.29) is 12.1 Å². The fourth-order valence-corrected chi connectivity index (χ4v) is 2.32. The zero-order valence-corrected chi connectivity index (χ0v) is 10.7. The molecule has 0 aliphatic carbocycles. The number of alkyl halides is 4. The minimum Gasteiger partial charge on any atom is -0.326 e. The molecule has 0 fully saturated rings. The van der Waals surface area contributed by atoms with Gasteiger partial charge in [0.25, 0.3) is 0 Å². The van der Waals surface area contributed by atoms with E-state index in [2.05, 4.69) is 0 Å². The van der Waals surface area contributed by atoms with E-state index in [1.807, 2.05) is 0 Å². The third-order valence-electron chi connectivity index (χ3n) is 2.36. The van der Waals surface area contributed by atoms with Crippen LogP contribution in [-0.4, -0.2) is 27.3 Å². The molecule has 10 heteroatoms. The van der Waals surface area contributed by atoms with Crippen LogP contribution in [0.1, 0.15) is 5.56 Å². The number of benzene rings is 1. The molecule has 114 valence electrons. The normalized spacial score (nSPS) is 12.9. The molecule has 0 saturated heterocycles. The predicted octanol–water partition coefficient (Wildman–Crippen LogP) is 1.46. The Morgan fingerprint density at radius 1 is 1.30 bits per heavy atom. The number of hydrogen-bond acceptors (Lipinski definition) is 3. The molecule has 0 aromatic heterocycles. The fourth-order valence-electron chi connectivity index (χ4n) is 1.23. The largest absolute Gasteiger partial charge is 0.326 e. The van der Waals surface area contributed by atoms with Gasteiger partial charge in [-0.25, -0.2) is 26.3 Å². The van der Waals surface area contributed by atoms with Crippen molar-refractivity contribution in [3.05, 3.63) is 29.6 Å². The molecular weight excluding hydrogens is 307 g/mol. The summed E-state index contributed by atoms with van der Waals surface area (Å²) in [5, 5.41) is 0. The summed E-state index contributed by atoms with van der Waals surface area (Å²) in [7, 11) is -4.46. The van der Waals surface area contributed by atoms with E-state index >= 15 is 0 Å². The summed E-state index contributed by atoms with van der Waals surface area (Å²) in [5.41, 5.74) is 5.03. The lowest BCUT2D eigenvalue weighted by molar-refractivity contribution is -0.122. The van der Waals surface area contributed by atoms with Crippen LogP contribution in [0.5, 0.6) is 0 Å². The van der Waals surface area contributed by atoms with Crippen molar-refractivity contribution in [2.75, 3.05) is 6.54 Å². The van der Waals surface area contributed by atoms with Gasteiger partial charge in [0.15, 0.2) is 0 Å². The molecule has 0 aliphatic heterocycles. The molecule has 1 rings (SSSR count). The van der Waals surface area contributed by atoms with Gasteiger partial charge in [-0.3, -0.25) is 0 Å². The van der Waals surface area contributed by atoms with Crippen LogP contribution < -0.4 is 10.5 Å². The smallest absolute Gasteiger partial charge is 0.320 e. The molecule has 0 atom stereocenters. The predicted molar refractivity (Wildman–Crippen MR) is 60.4 cm³/mol. The van der Waals surface area contributed by atoms with Gasteiger partial charge in [-0.05, 0) is 18.2 Å². The third kappa shape index (κ3) is 3.87. The van der Waals surface area contributed by atoms with E-state index in [4.69, 9.17) is 5.73 Å². The van der Waals surface area contributed by atoms with Crippen LogP contribution in [0.15, 0.2) is 23.1 Å². The molecule has 3 N–H and O–H groups in total. The Balaban J connectivity index is 2.95. The molecule has 0 spiro atoms. The molecule has 0 bridgehead atoms. The number of halogens is 5. The highest BCUT2D eigenvalue weighted by atomic mass is 32.2. The highest BCUT2D eigenvalue weighted by Crippen LogP contribution is 2.22. The van der Waals surface area contributed by atoms with Crippen molar-refractivity contribution in [2.45, 2.75) is 23.8 Å². The van der Waals surface area contributed by atoms with E-state index in [0.29, 0.717) is 0 Å². The Morgan fingerprint density at radius 2 is 1.90 bits per heavy atom. The molecule has 1 aromatic carbocycles. The Labute approximate surface area is 111 Å². The number of rotatable bonds is 6. The molecule has 4 nitrogen and oxygen atoms in total. The molecule has 0 aliphatic rings. The zero-order chi connectivity index (χ0) is 15.6. The summed E-state index contributed by atoms with van der Waals surface area (Å²) in [4.78, 5) is -0.538. The first-order valence-corrected chi connectivity index (χ1v) is 6.72. The summed E-state index contributed by atoms with van der Waals surface area (Å²) < 4.78 is 86.8. The first kappa shape index (κ1) is 16.8. The van der Waals surface area contributed by atoms with Crippen LogP contribution >= 0.6 is 0 Å². The van der Waals surface area contributed by atoms with Crippen LogP contribution in [0.25, 0.3) is 0 Å². The molecule has 0 unspecified atom stereocenters. The fraction of sp³-hybridized carbons (Fsp3) is 0.400. The van der Waals surface area contributed by atoms with Crippen LogP contribution in [-0.2, 0) is 16.6 Å². The minimum absolute atomic E-state index is 0.145. The SMILES string of the molecule is NCc1cc(S(=O)(=O)NCC(F)(F)C(F)F)ccc1F. The summed E-state index contributed by atoms with van der Waals surface area (Å²) in [6.45, 7) is -2.06. The zero-order valence-electron chi connectivity index (χ0n) is 9.92. The van der Waals surface area contributed by atoms with E-state index < -0.39 is 39.6 Å². The van der Waals surface area contributed by atoms with Crippen LogP contribution in [0.4, 0.5) is 22.0 Å². The Hall–Kier alpha value is -1.26. The Bertz CT molecular complexity index is 577. The van der Waals surface area contributed by atoms with Gasteiger partial charge < -0.3 is 5.73 Å². The third-order valence-corrected chi connectivity index (χ3v) is 3.76. The highest BCUT2D eigenvalue weighted by Gasteiger charge is 2.41. The summed E-state index contributed by atoms with van der Waals surface area (Å²) in [6.07, 6.45) is -4.00. The average Bonchev–Trinajstić information content (AvgIpc) is 2.37. The van der Waals surface area contributed by atoms with E-state index in [1.165, 1.54) is 4.72 Å². The van der Waals surface area contributed by atoms with Crippen molar-refractivity contribution in [3.8, 4) is 0 Å². The van der Waals surface area contributed by atoms with Crippen molar-refractivity contribution in [2.24, 2.45) is 5.73 Å². The topological polar surface area (TPSA) is 72.2 Å². The van der Waals surface area contributed by atoms with Crippen molar-refractivity contribution >= 4 is 10.0 Å². The maximum absolute atomic E-state index is 13.1. The van der Waals surface area contributed by atoms with E-state index in [0.717, 1.165) is 18.2 Å². The second-order valence-electron chi connectivity index (χ2n) is 3.84. The van der Waals surface area contributed by atoms with Crippen LogP contribution in [0.3, 0.4) is 0 Å². The monoisotopic (exact) mass is 318 g/mol. The maximum atomic E-state index is 13.1. The minimum atomic E-state index is -4.50. The van der Waals surface area contributed by atoms with Gasteiger partial charge in [0, 0.05) is 12.1 Å². The van der Waals surface area contributed by atoms with Gasteiger partial charge in [0.2, 0.25) is 10.0 Å². The number of nitrogens with one attached hydrogen (secondary N) is 1. The van der Waals surface area contributed by atoms with Crippen molar-refractivity contribution in [3.63, 3.8) is 0 Å². The van der Waals surface area contributed by atoms with E-state index in [1.54, 1.807) is 0 Å². The number of nitrogens with two attached hydrogens (primary N) is 1. The lowest BCUT2D eigenvalue weighted by Gasteiger charge is -2.16. The van der Waals surface area contributed by atoms with Gasteiger partial charge >= 0.3 is 12.3 Å². The van der Waals surface area contributed by atoms with Gasteiger partial charge in [-0.1, -0.05) is 0 Å². The Kier molecular flexibility index (Phi) is 5.05. The molecule has 0 heterocycles. The first-order valence-electron chi connectivity index (χ1n) is 5.24. The molecule has 1 aromatic rings. The molecule has 0 radical (unpaired) electrons. The summed E-state index contributed by atoms with van der Waals surface area (Å²) in [6, 6.07) is 2.46. The average molecular weight is 318 g/mol. The van der Waals surface area contributed by atoms with Gasteiger partial charge in [0.05, 0.1) is 11.4 Å². The lowest BCUT2D eigenvalue weighted by atomic mass is 10.2. The molecule has 0 amide bonds. The Morgan fingerprint density at radius 3 is 2.40 bits per heavy atom. The van der Waals surface area contributed by atoms with Gasteiger partial charge in [-0.2, -0.15) is 8.78 Å². The second kappa shape index (κ2) is 6.02. The van der Waals surface area contributed by atoms with Crippen molar-refractivity contribution < 1.29 is 30.4 Å².